The zero-order valence-electron chi connectivity index (χ0n) is 12.2. The van der Waals surface area contributed by atoms with Crippen molar-refractivity contribution in [3.63, 3.8) is 0 Å². The van der Waals surface area contributed by atoms with Gasteiger partial charge in [0, 0.05) is 18.4 Å². The van der Waals surface area contributed by atoms with E-state index in [4.69, 9.17) is 0 Å². The summed E-state index contributed by atoms with van der Waals surface area (Å²) in [7, 11) is 0. The molecule has 0 atom stereocenters. The Morgan fingerprint density at radius 1 is 1.25 bits per heavy atom. The van der Waals surface area contributed by atoms with Crippen LogP contribution >= 0.6 is 0 Å². The third kappa shape index (κ3) is 3.00. The van der Waals surface area contributed by atoms with Gasteiger partial charge in [0.2, 0.25) is 0 Å². The molecule has 0 radical (unpaired) electrons. The lowest BCUT2D eigenvalue weighted by molar-refractivity contribution is 0.232. The van der Waals surface area contributed by atoms with E-state index in [9.17, 15) is 0 Å². The summed E-state index contributed by atoms with van der Waals surface area (Å²) >= 11 is 0. The second-order valence-electron chi connectivity index (χ2n) is 6.46. The van der Waals surface area contributed by atoms with Crippen molar-refractivity contribution < 1.29 is 0 Å². The zero-order chi connectivity index (χ0) is 14.0. The van der Waals surface area contributed by atoms with Gasteiger partial charge in [0.05, 0.1) is 11.9 Å². The summed E-state index contributed by atoms with van der Waals surface area (Å²) in [6.45, 7) is 4.73. The maximum Gasteiger partial charge on any atom is 0.137 e. The lowest BCUT2D eigenvalue weighted by Gasteiger charge is -2.35. The first kappa shape index (κ1) is 13.2. The fourth-order valence-electron chi connectivity index (χ4n) is 2.80. The normalized spacial score (nSPS) is 18.9. The van der Waals surface area contributed by atoms with Crippen LogP contribution in [-0.2, 0) is 0 Å². The lowest BCUT2D eigenvalue weighted by Crippen LogP contribution is -2.29. The summed E-state index contributed by atoms with van der Waals surface area (Å²) in [4.78, 5) is 8.51. The molecule has 0 amide bonds. The first-order chi connectivity index (χ1) is 9.62. The van der Waals surface area contributed by atoms with E-state index in [2.05, 4.69) is 35.2 Å². The van der Waals surface area contributed by atoms with E-state index in [0.29, 0.717) is 11.5 Å². The van der Waals surface area contributed by atoms with E-state index in [0.717, 1.165) is 11.5 Å². The molecule has 2 heterocycles. The van der Waals surface area contributed by atoms with Gasteiger partial charge in [0.25, 0.3) is 0 Å². The maximum absolute atomic E-state index is 4.48. The fraction of sp³-hybridized carbons (Fsp3) is 0.500. The maximum atomic E-state index is 4.48. The molecule has 0 aliphatic heterocycles. The number of hydrogen-bond donors (Lipinski definition) is 1. The third-order valence-electron chi connectivity index (χ3n) is 4.23. The quantitative estimate of drug-likeness (QED) is 0.925. The summed E-state index contributed by atoms with van der Waals surface area (Å²) in [5, 5.41) is 3.60. The summed E-state index contributed by atoms with van der Waals surface area (Å²) < 4.78 is 1.91. The molecule has 1 aliphatic rings. The van der Waals surface area contributed by atoms with Crippen LogP contribution < -0.4 is 5.32 Å². The van der Waals surface area contributed by atoms with Crippen LogP contribution in [-0.4, -0.2) is 20.6 Å². The van der Waals surface area contributed by atoms with Crippen LogP contribution in [0, 0.1) is 5.41 Å². The first-order valence-electron chi connectivity index (χ1n) is 7.33. The average molecular weight is 270 g/mol. The number of nitrogens with zero attached hydrogens (tertiary/aromatic N) is 3. The SMILES string of the molecule is CC1(C)CCC(Nc2ccc(-n3ccnc3)nc2)CC1. The van der Waals surface area contributed by atoms with Crippen molar-refractivity contribution >= 4 is 5.69 Å². The van der Waals surface area contributed by atoms with E-state index in [-0.39, 0.29) is 0 Å². The smallest absolute Gasteiger partial charge is 0.137 e. The van der Waals surface area contributed by atoms with Gasteiger partial charge in [0.1, 0.15) is 12.1 Å². The lowest BCUT2D eigenvalue weighted by atomic mass is 9.75. The number of imidazole rings is 1. The molecular formula is C16H22N4. The molecule has 0 spiro atoms. The van der Waals surface area contributed by atoms with Crippen LogP contribution in [0.1, 0.15) is 39.5 Å². The molecule has 0 aromatic carbocycles. The van der Waals surface area contributed by atoms with Gasteiger partial charge in [-0.2, -0.15) is 0 Å². The van der Waals surface area contributed by atoms with Crippen molar-refractivity contribution in [3.05, 3.63) is 37.1 Å². The van der Waals surface area contributed by atoms with Gasteiger partial charge in [-0.3, -0.25) is 4.57 Å². The molecule has 1 N–H and O–H groups in total. The van der Waals surface area contributed by atoms with Crippen LogP contribution in [0.25, 0.3) is 5.82 Å². The van der Waals surface area contributed by atoms with Crippen molar-refractivity contribution in [1.29, 1.82) is 0 Å². The van der Waals surface area contributed by atoms with Crippen molar-refractivity contribution in [1.82, 2.24) is 14.5 Å². The molecule has 20 heavy (non-hydrogen) atoms. The Hall–Kier alpha value is -1.84. The number of rotatable bonds is 3. The van der Waals surface area contributed by atoms with E-state index in [1.54, 1.807) is 12.5 Å². The zero-order valence-corrected chi connectivity index (χ0v) is 12.2. The van der Waals surface area contributed by atoms with Gasteiger partial charge < -0.3 is 5.32 Å². The van der Waals surface area contributed by atoms with Crippen molar-refractivity contribution in [2.45, 2.75) is 45.6 Å². The van der Waals surface area contributed by atoms with Crippen LogP contribution in [0.4, 0.5) is 5.69 Å². The molecule has 1 saturated carbocycles. The number of anilines is 1. The number of pyridine rings is 1. The van der Waals surface area contributed by atoms with Crippen LogP contribution in [0.2, 0.25) is 0 Å². The molecule has 0 unspecified atom stereocenters. The fourth-order valence-corrected chi connectivity index (χ4v) is 2.80. The summed E-state index contributed by atoms with van der Waals surface area (Å²) in [5.74, 6) is 0.901. The van der Waals surface area contributed by atoms with Crippen molar-refractivity contribution in [3.8, 4) is 5.82 Å². The predicted molar refractivity (Wildman–Crippen MR) is 81.0 cm³/mol. The van der Waals surface area contributed by atoms with Gasteiger partial charge in [0.15, 0.2) is 0 Å². The van der Waals surface area contributed by atoms with Gasteiger partial charge in [-0.15, -0.1) is 0 Å². The molecule has 4 nitrogen and oxygen atoms in total. The largest absolute Gasteiger partial charge is 0.381 e. The standard InChI is InChI=1S/C16H22N4/c1-16(2)7-5-13(6-8-16)19-14-3-4-15(18-11-14)20-10-9-17-12-20/h3-4,9-13,19H,5-8H2,1-2H3. The summed E-state index contributed by atoms with van der Waals surface area (Å²) in [6, 6.07) is 4.71. The van der Waals surface area contributed by atoms with Crippen molar-refractivity contribution in [2.75, 3.05) is 5.32 Å². The Kier molecular flexibility index (Phi) is 3.47. The topological polar surface area (TPSA) is 42.7 Å². The Labute approximate surface area is 120 Å². The van der Waals surface area contributed by atoms with E-state index >= 15 is 0 Å². The molecule has 0 saturated heterocycles. The third-order valence-corrected chi connectivity index (χ3v) is 4.23. The number of hydrogen-bond acceptors (Lipinski definition) is 3. The summed E-state index contributed by atoms with van der Waals surface area (Å²) in [5.41, 5.74) is 1.63. The molecule has 2 aromatic rings. The van der Waals surface area contributed by atoms with Gasteiger partial charge >= 0.3 is 0 Å². The highest BCUT2D eigenvalue weighted by Crippen LogP contribution is 2.36. The first-order valence-corrected chi connectivity index (χ1v) is 7.33. The highest BCUT2D eigenvalue weighted by atomic mass is 15.1. The average Bonchev–Trinajstić information content (AvgIpc) is 2.96. The Bertz CT molecular complexity index is 532. The molecular weight excluding hydrogens is 248 g/mol. The van der Waals surface area contributed by atoms with E-state index in [1.807, 2.05) is 23.0 Å². The summed E-state index contributed by atoms with van der Waals surface area (Å²) in [6.07, 6.45) is 12.4. The second-order valence-corrected chi connectivity index (χ2v) is 6.46. The number of nitrogens with one attached hydrogen (secondary N) is 1. The monoisotopic (exact) mass is 270 g/mol. The molecule has 1 aliphatic carbocycles. The van der Waals surface area contributed by atoms with Crippen molar-refractivity contribution in [2.24, 2.45) is 5.41 Å². The van der Waals surface area contributed by atoms with E-state index < -0.39 is 0 Å². The molecule has 3 rings (SSSR count). The van der Waals surface area contributed by atoms with Crippen LogP contribution in [0.5, 0.6) is 0 Å². The second kappa shape index (κ2) is 5.27. The predicted octanol–water partition coefficient (Wildman–Crippen LogP) is 3.65. The molecule has 106 valence electrons. The molecule has 4 heteroatoms. The molecule has 2 aromatic heterocycles. The highest BCUT2D eigenvalue weighted by Gasteiger charge is 2.26. The Morgan fingerprint density at radius 3 is 2.65 bits per heavy atom. The van der Waals surface area contributed by atoms with Gasteiger partial charge in [-0.1, -0.05) is 13.8 Å². The highest BCUT2D eigenvalue weighted by molar-refractivity contribution is 5.44. The number of aromatic nitrogens is 3. The molecule has 1 fully saturated rings. The Morgan fingerprint density at radius 2 is 2.05 bits per heavy atom. The van der Waals surface area contributed by atoms with Gasteiger partial charge in [-0.05, 0) is 43.2 Å². The van der Waals surface area contributed by atoms with Gasteiger partial charge in [-0.25, -0.2) is 9.97 Å². The minimum atomic E-state index is 0.516. The van der Waals surface area contributed by atoms with E-state index in [1.165, 1.54) is 25.7 Å². The minimum absolute atomic E-state index is 0.516. The van der Waals surface area contributed by atoms with Crippen LogP contribution in [0.15, 0.2) is 37.1 Å². The Balaban J connectivity index is 1.61. The molecule has 0 bridgehead atoms. The van der Waals surface area contributed by atoms with Crippen LogP contribution in [0.3, 0.4) is 0 Å². The minimum Gasteiger partial charge on any atom is -0.381 e.